The standard InChI is InChI=1S/C21H19N3O2S/c1-12(11-22-2)13-3-5-14(6-4-13)18-17(24-26)8-7-16-19(18)15-9-10-27-20(15)21(25)23-16/h3-10,12,22H,11H2,1-2H3,(H,23,25)/t12-/m0/s1. The number of fused-ring (bicyclic) bond motifs is 3. The van der Waals surface area contributed by atoms with Crippen LogP contribution in [0.1, 0.15) is 18.4 Å². The normalized spacial score (nSPS) is 12.5. The molecule has 0 fully saturated rings. The van der Waals surface area contributed by atoms with Gasteiger partial charge in [-0.25, -0.2) is 0 Å². The second kappa shape index (κ2) is 7.06. The number of H-pyrrole nitrogens is 1. The molecule has 2 aromatic carbocycles. The Labute approximate surface area is 160 Å². The molecule has 5 nitrogen and oxygen atoms in total. The average Bonchev–Trinajstić information content (AvgIpc) is 3.18. The number of nitrogens with zero attached hydrogens (tertiary/aromatic N) is 1. The van der Waals surface area contributed by atoms with Crippen LogP contribution in [0.3, 0.4) is 0 Å². The molecule has 0 bridgehead atoms. The van der Waals surface area contributed by atoms with Gasteiger partial charge in [0.05, 0.1) is 0 Å². The third-order valence-corrected chi connectivity index (χ3v) is 5.86. The highest BCUT2D eigenvalue weighted by molar-refractivity contribution is 7.17. The first-order chi connectivity index (χ1) is 13.1. The molecule has 4 rings (SSSR count). The van der Waals surface area contributed by atoms with Crippen LogP contribution < -0.4 is 10.9 Å². The molecule has 2 heterocycles. The van der Waals surface area contributed by atoms with Crippen LogP contribution in [0.5, 0.6) is 0 Å². The molecule has 0 radical (unpaired) electrons. The van der Waals surface area contributed by atoms with Crippen LogP contribution in [0.2, 0.25) is 0 Å². The minimum Gasteiger partial charge on any atom is -0.321 e. The van der Waals surface area contributed by atoms with Gasteiger partial charge < -0.3 is 10.3 Å². The van der Waals surface area contributed by atoms with Gasteiger partial charge in [-0.2, -0.15) is 0 Å². The number of thiophene rings is 1. The SMILES string of the molecule is CNC[C@H](C)c1ccc(-c2c(N=O)ccc3[nH]c(=O)c4sccc4c23)cc1. The minimum absolute atomic E-state index is 0.110. The van der Waals surface area contributed by atoms with Crippen LogP contribution in [0.15, 0.2) is 57.8 Å². The molecule has 0 amide bonds. The monoisotopic (exact) mass is 377 g/mol. The van der Waals surface area contributed by atoms with Gasteiger partial charge in [-0.15, -0.1) is 16.2 Å². The molecule has 0 aliphatic rings. The number of nitrogens with one attached hydrogen (secondary N) is 2. The highest BCUT2D eigenvalue weighted by atomic mass is 32.1. The van der Waals surface area contributed by atoms with E-state index in [2.05, 4.69) is 34.5 Å². The summed E-state index contributed by atoms with van der Waals surface area (Å²) in [6.45, 7) is 3.06. The van der Waals surface area contributed by atoms with Crippen molar-refractivity contribution in [3.05, 3.63) is 68.7 Å². The van der Waals surface area contributed by atoms with Gasteiger partial charge in [0.15, 0.2) is 0 Å². The van der Waals surface area contributed by atoms with Gasteiger partial charge in [-0.3, -0.25) is 4.79 Å². The summed E-state index contributed by atoms with van der Waals surface area (Å²) in [6.07, 6.45) is 0. The van der Waals surface area contributed by atoms with E-state index < -0.39 is 0 Å². The highest BCUT2D eigenvalue weighted by Gasteiger charge is 2.16. The van der Waals surface area contributed by atoms with E-state index in [1.807, 2.05) is 30.6 Å². The highest BCUT2D eigenvalue weighted by Crippen LogP contribution is 2.40. The van der Waals surface area contributed by atoms with Crippen LogP contribution in [-0.2, 0) is 0 Å². The van der Waals surface area contributed by atoms with Gasteiger partial charge in [0.25, 0.3) is 5.56 Å². The van der Waals surface area contributed by atoms with Gasteiger partial charge in [0, 0.05) is 28.4 Å². The summed E-state index contributed by atoms with van der Waals surface area (Å²) in [5.74, 6) is 0.389. The maximum Gasteiger partial charge on any atom is 0.266 e. The third kappa shape index (κ3) is 2.97. The molecule has 0 saturated heterocycles. The summed E-state index contributed by atoms with van der Waals surface area (Å²) < 4.78 is 0.658. The van der Waals surface area contributed by atoms with Crippen molar-refractivity contribution in [2.45, 2.75) is 12.8 Å². The lowest BCUT2D eigenvalue weighted by molar-refractivity contribution is 0.678. The number of hydrogen-bond acceptors (Lipinski definition) is 5. The molecule has 0 spiro atoms. The predicted octanol–water partition coefficient (Wildman–Crippen LogP) is 5.13. The summed E-state index contributed by atoms with van der Waals surface area (Å²) in [4.78, 5) is 26.7. The fourth-order valence-corrected chi connectivity index (χ4v) is 4.40. The van der Waals surface area contributed by atoms with E-state index in [0.29, 0.717) is 21.8 Å². The Morgan fingerprint density at radius 3 is 2.63 bits per heavy atom. The zero-order chi connectivity index (χ0) is 19.0. The van der Waals surface area contributed by atoms with E-state index in [0.717, 1.165) is 28.4 Å². The van der Waals surface area contributed by atoms with Crippen molar-refractivity contribution in [2.75, 3.05) is 13.6 Å². The maximum absolute atomic E-state index is 12.3. The predicted molar refractivity (Wildman–Crippen MR) is 113 cm³/mol. The zero-order valence-electron chi connectivity index (χ0n) is 15.1. The Balaban J connectivity index is 1.99. The summed E-state index contributed by atoms with van der Waals surface area (Å²) in [5, 5.41) is 10.0. The van der Waals surface area contributed by atoms with E-state index in [-0.39, 0.29) is 5.56 Å². The number of likely N-dealkylation sites (N-methyl/N-ethyl adjacent to an activating group) is 1. The number of rotatable bonds is 5. The molecular weight excluding hydrogens is 358 g/mol. The zero-order valence-corrected chi connectivity index (χ0v) is 15.9. The van der Waals surface area contributed by atoms with Crippen molar-refractivity contribution >= 4 is 38.0 Å². The largest absolute Gasteiger partial charge is 0.321 e. The summed E-state index contributed by atoms with van der Waals surface area (Å²) in [7, 11) is 1.94. The van der Waals surface area contributed by atoms with Gasteiger partial charge in [0.1, 0.15) is 10.4 Å². The third-order valence-electron chi connectivity index (χ3n) is 4.95. The van der Waals surface area contributed by atoms with Crippen LogP contribution in [0.25, 0.3) is 32.1 Å². The molecule has 4 aromatic rings. The molecule has 1 atom stereocenters. The van der Waals surface area contributed by atoms with Crippen LogP contribution in [-0.4, -0.2) is 18.6 Å². The number of nitroso groups, excluding NO2 is 1. The molecule has 27 heavy (non-hydrogen) atoms. The topological polar surface area (TPSA) is 74.3 Å². The summed E-state index contributed by atoms with van der Waals surface area (Å²) in [6, 6.07) is 13.6. The maximum atomic E-state index is 12.3. The van der Waals surface area contributed by atoms with E-state index in [4.69, 9.17) is 0 Å². The Hall–Kier alpha value is -2.83. The number of pyridine rings is 1. The fraction of sp³-hybridized carbons (Fsp3) is 0.190. The molecule has 2 N–H and O–H groups in total. The first-order valence-corrected chi connectivity index (χ1v) is 9.66. The Bertz CT molecular complexity index is 1190. The van der Waals surface area contributed by atoms with Crippen molar-refractivity contribution in [3.63, 3.8) is 0 Å². The molecule has 0 saturated carbocycles. The van der Waals surface area contributed by atoms with E-state index in [9.17, 15) is 9.70 Å². The molecule has 0 unspecified atom stereocenters. The molecular formula is C21H19N3O2S. The minimum atomic E-state index is -0.110. The van der Waals surface area contributed by atoms with Crippen molar-refractivity contribution in [1.82, 2.24) is 10.3 Å². The van der Waals surface area contributed by atoms with Crippen LogP contribution in [0.4, 0.5) is 5.69 Å². The smallest absolute Gasteiger partial charge is 0.266 e. The van der Waals surface area contributed by atoms with Crippen molar-refractivity contribution in [3.8, 4) is 11.1 Å². The van der Waals surface area contributed by atoms with Crippen molar-refractivity contribution in [1.29, 1.82) is 0 Å². The van der Waals surface area contributed by atoms with E-state index in [1.165, 1.54) is 16.9 Å². The van der Waals surface area contributed by atoms with E-state index >= 15 is 0 Å². The lowest BCUT2D eigenvalue weighted by Gasteiger charge is -2.14. The second-order valence-electron chi connectivity index (χ2n) is 6.67. The van der Waals surface area contributed by atoms with Crippen molar-refractivity contribution in [2.24, 2.45) is 5.18 Å². The van der Waals surface area contributed by atoms with Gasteiger partial charge in [-0.1, -0.05) is 31.2 Å². The summed E-state index contributed by atoms with van der Waals surface area (Å²) >= 11 is 1.40. The molecule has 136 valence electrons. The first-order valence-electron chi connectivity index (χ1n) is 8.78. The first kappa shape index (κ1) is 17.6. The van der Waals surface area contributed by atoms with E-state index in [1.54, 1.807) is 12.1 Å². The number of hydrogen-bond donors (Lipinski definition) is 2. The lowest BCUT2D eigenvalue weighted by Crippen LogP contribution is -2.14. The quantitative estimate of drug-likeness (QED) is 0.473. The molecule has 0 aliphatic heterocycles. The Morgan fingerprint density at radius 1 is 1.15 bits per heavy atom. The van der Waals surface area contributed by atoms with Gasteiger partial charge >= 0.3 is 0 Å². The Kier molecular flexibility index (Phi) is 4.59. The van der Waals surface area contributed by atoms with Gasteiger partial charge in [0.2, 0.25) is 0 Å². The number of aromatic amines is 1. The summed E-state index contributed by atoms with van der Waals surface area (Å²) in [5.41, 5.74) is 3.87. The van der Waals surface area contributed by atoms with Crippen molar-refractivity contribution < 1.29 is 0 Å². The fourth-order valence-electron chi connectivity index (χ4n) is 3.61. The van der Waals surface area contributed by atoms with Gasteiger partial charge in [-0.05, 0) is 52.8 Å². The molecule has 6 heteroatoms. The van der Waals surface area contributed by atoms with Crippen LogP contribution >= 0.6 is 11.3 Å². The number of benzene rings is 2. The molecule has 2 aromatic heterocycles. The Morgan fingerprint density at radius 2 is 1.93 bits per heavy atom. The van der Waals surface area contributed by atoms with Crippen LogP contribution in [0, 0.1) is 4.91 Å². The number of aromatic nitrogens is 1. The average molecular weight is 377 g/mol. The molecule has 0 aliphatic carbocycles. The second-order valence-corrected chi connectivity index (χ2v) is 7.59. The lowest BCUT2D eigenvalue weighted by atomic mass is 9.93.